The van der Waals surface area contributed by atoms with Crippen molar-refractivity contribution in [3.05, 3.63) is 47.5 Å². The van der Waals surface area contributed by atoms with Gasteiger partial charge in [-0.15, -0.1) is 0 Å². The van der Waals surface area contributed by atoms with E-state index in [2.05, 4.69) is 5.32 Å². The molecule has 1 aromatic rings. The molecule has 31 heavy (non-hydrogen) atoms. The van der Waals surface area contributed by atoms with E-state index in [9.17, 15) is 24.0 Å². The number of nitrogens with zero attached hydrogens (tertiary/aromatic N) is 1. The Hall–Kier alpha value is -3.49. The summed E-state index contributed by atoms with van der Waals surface area (Å²) in [7, 11) is 0. The molecule has 0 aliphatic carbocycles. The minimum absolute atomic E-state index is 0.0402. The van der Waals surface area contributed by atoms with E-state index in [0.29, 0.717) is 4.90 Å². The van der Waals surface area contributed by atoms with E-state index in [-0.39, 0.29) is 37.0 Å². The molecule has 1 heterocycles. The number of benzene rings is 1. The molecule has 0 saturated heterocycles. The van der Waals surface area contributed by atoms with Crippen LogP contribution in [0.5, 0.6) is 0 Å². The summed E-state index contributed by atoms with van der Waals surface area (Å²) in [6.45, 7) is 6.74. The molecule has 2 rings (SSSR count). The van der Waals surface area contributed by atoms with Gasteiger partial charge in [0.1, 0.15) is 5.60 Å². The van der Waals surface area contributed by atoms with Crippen LogP contribution in [-0.4, -0.2) is 59.4 Å². The van der Waals surface area contributed by atoms with Gasteiger partial charge in [-0.3, -0.25) is 9.59 Å². The first-order chi connectivity index (χ1) is 14.6. The summed E-state index contributed by atoms with van der Waals surface area (Å²) < 4.78 is 10.1. The first kappa shape index (κ1) is 23.8. The molecule has 9 nitrogen and oxygen atoms in total. The quantitative estimate of drug-likeness (QED) is 0.221. The minimum atomic E-state index is -2.16. The van der Waals surface area contributed by atoms with E-state index < -0.39 is 35.0 Å². The second-order valence-corrected chi connectivity index (χ2v) is 7.81. The molecular formula is C22H26N2O7. The van der Waals surface area contributed by atoms with Gasteiger partial charge in [0.05, 0.1) is 17.7 Å². The second kappa shape index (κ2) is 9.55. The Morgan fingerprint density at radius 3 is 2.13 bits per heavy atom. The molecule has 1 aliphatic heterocycles. The van der Waals surface area contributed by atoms with Gasteiger partial charge in [-0.25, -0.2) is 14.5 Å². The monoisotopic (exact) mass is 430 g/mol. The largest absolute Gasteiger partial charge is 0.464 e. The summed E-state index contributed by atoms with van der Waals surface area (Å²) >= 11 is 0. The summed E-state index contributed by atoms with van der Waals surface area (Å²) in [4.78, 5) is 62.9. The number of amides is 3. The Morgan fingerprint density at radius 2 is 1.65 bits per heavy atom. The van der Waals surface area contributed by atoms with Crippen LogP contribution in [0.25, 0.3) is 0 Å². The summed E-state index contributed by atoms with van der Waals surface area (Å²) in [6.07, 6.45) is 2.21. The van der Waals surface area contributed by atoms with Crippen LogP contribution in [0, 0.1) is 0 Å². The Morgan fingerprint density at radius 1 is 1.06 bits per heavy atom. The molecule has 166 valence electrons. The predicted molar refractivity (Wildman–Crippen MR) is 110 cm³/mol. The molecule has 0 aromatic heterocycles. The van der Waals surface area contributed by atoms with Crippen LogP contribution in [0.2, 0.25) is 0 Å². The fraction of sp³-hybridized carbons (Fsp3) is 0.409. The number of hydrogen-bond acceptors (Lipinski definition) is 7. The van der Waals surface area contributed by atoms with E-state index in [1.807, 2.05) is 0 Å². The van der Waals surface area contributed by atoms with Gasteiger partial charge < -0.3 is 19.6 Å². The van der Waals surface area contributed by atoms with Crippen molar-refractivity contribution in [3.8, 4) is 0 Å². The zero-order chi connectivity index (χ0) is 23.2. The molecule has 0 saturated carbocycles. The van der Waals surface area contributed by atoms with E-state index in [1.165, 1.54) is 24.3 Å². The third-order valence-electron chi connectivity index (χ3n) is 4.38. The van der Waals surface area contributed by atoms with Crippen molar-refractivity contribution in [2.75, 3.05) is 13.2 Å². The maximum Gasteiger partial charge on any atom is 0.407 e. The Kier molecular flexibility index (Phi) is 7.32. The molecule has 1 aromatic carbocycles. The van der Waals surface area contributed by atoms with Crippen LogP contribution in [-0.2, 0) is 19.1 Å². The Labute approximate surface area is 180 Å². The van der Waals surface area contributed by atoms with Crippen molar-refractivity contribution < 1.29 is 33.4 Å². The number of carbonyl (C=O) groups excluding carboxylic acids is 5. The SMILES string of the molecule is CCOC(=O)C(C=O)(CC=CCNC(=O)OC(C)(C)C)N1C(=O)c2ccccc2C1=O. The maximum absolute atomic E-state index is 12.9. The lowest BCUT2D eigenvalue weighted by atomic mass is 9.94. The average molecular weight is 430 g/mol. The lowest BCUT2D eigenvalue weighted by Gasteiger charge is -2.32. The molecule has 1 N–H and O–H groups in total. The van der Waals surface area contributed by atoms with Crippen LogP contribution >= 0.6 is 0 Å². The van der Waals surface area contributed by atoms with Gasteiger partial charge in [-0.05, 0) is 39.8 Å². The van der Waals surface area contributed by atoms with E-state index in [4.69, 9.17) is 9.47 Å². The summed E-state index contributed by atoms with van der Waals surface area (Å²) in [6, 6.07) is 6.08. The number of alkyl carbamates (subject to hydrolysis) is 1. The molecule has 3 amide bonds. The number of fused-ring (bicyclic) bond motifs is 1. The number of nitrogens with one attached hydrogen (secondary N) is 1. The highest BCUT2D eigenvalue weighted by atomic mass is 16.6. The van der Waals surface area contributed by atoms with Crippen LogP contribution in [0.4, 0.5) is 4.79 Å². The molecule has 9 heteroatoms. The predicted octanol–water partition coefficient (Wildman–Crippen LogP) is 2.25. The number of aldehydes is 1. The highest BCUT2D eigenvalue weighted by Gasteiger charge is 2.54. The van der Waals surface area contributed by atoms with Gasteiger partial charge in [0.15, 0.2) is 6.29 Å². The minimum Gasteiger partial charge on any atom is -0.464 e. The molecule has 1 unspecified atom stereocenters. The number of rotatable bonds is 8. The maximum atomic E-state index is 12.9. The standard InChI is InChI=1S/C22H26N2O7/c1-5-30-19(28)22(14-25,12-8-9-13-23-20(29)31-21(2,3)4)24-17(26)15-10-6-7-11-16(15)18(24)27/h6-11,14H,5,12-13H2,1-4H3,(H,23,29). The van der Waals surface area contributed by atoms with Crippen LogP contribution in [0.3, 0.4) is 0 Å². The van der Waals surface area contributed by atoms with Gasteiger partial charge in [0.2, 0.25) is 5.54 Å². The molecule has 0 fully saturated rings. The highest BCUT2D eigenvalue weighted by molar-refractivity contribution is 6.25. The lowest BCUT2D eigenvalue weighted by Crippen LogP contribution is -2.59. The van der Waals surface area contributed by atoms with Crippen molar-refractivity contribution in [3.63, 3.8) is 0 Å². The smallest absolute Gasteiger partial charge is 0.407 e. The number of carbonyl (C=O) groups is 5. The van der Waals surface area contributed by atoms with Gasteiger partial charge in [0, 0.05) is 13.0 Å². The number of esters is 1. The van der Waals surface area contributed by atoms with E-state index >= 15 is 0 Å². The van der Waals surface area contributed by atoms with Crippen molar-refractivity contribution in [2.45, 2.75) is 45.3 Å². The van der Waals surface area contributed by atoms with Crippen LogP contribution in [0.1, 0.15) is 54.8 Å². The number of hydrogen-bond donors (Lipinski definition) is 1. The Balaban J connectivity index is 2.23. The normalized spacial score (nSPS) is 15.4. The molecule has 1 atom stereocenters. The van der Waals surface area contributed by atoms with Crippen molar-refractivity contribution >= 4 is 30.2 Å². The first-order valence-electron chi connectivity index (χ1n) is 9.80. The molecule has 0 bridgehead atoms. The summed E-state index contributed by atoms with van der Waals surface area (Å²) in [5, 5.41) is 2.50. The van der Waals surface area contributed by atoms with Gasteiger partial charge in [-0.2, -0.15) is 0 Å². The molecule has 0 radical (unpaired) electrons. The Bertz CT molecular complexity index is 882. The topological polar surface area (TPSA) is 119 Å². The third kappa shape index (κ3) is 5.17. The average Bonchev–Trinajstić information content (AvgIpc) is 2.95. The molecular weight excluding hydrogens is 404 g/mol. The molecule has 1 aliphatic rings. The molecule has 0 spiro atoms. The third-order valence-corrected chi connectivity index (χ3v) is 4.38. The van der Waals surface area contributed by atoms with E-state index in [1.54, 1.807) is 39.8 Å². The first-order valence-corrected chi connectivity index (χ1v) is 9.80. The zero-order valence-electron chi connectivity index (χ0n) is 18.0. The van der Waals surface area contributed by atoms with E-state index in [0.717, 1.165) is 0 Å². The van der Waals surface area contributed by atoms with Crippen molar-refractivity contribution in [1.82, 2.24) is 10.2 Å². The summed E-state index contributed by atoms with van der Waals surface area (Å²) in [5.74, 6) is -2.51. The summed E-state index contributed by atoms with van der Waals surface area (Å²) in [5.41, 5.74) is -2.60. The van der Waals surface area contributed by atoms with Gasteiger partial charge >= 0.3 is 12.1 Å². The van der Waals surface area contributed by atoms with Crippen molar-refractivity contribution in [1.29, 1.82) is 0 Å². The second-order valence-electron chi connectivity index (χ2n) is 7.81. The lowest BCUT2D eigenvalue weighted by molar-refractivity contribution is -0.156. The zero-order valence-corrected chi connectivity index (χ0v) is 18.0. The van der Waals surface area contributed by atoms with Crippen molar-refractivity contribution in [2.24, 2.45) is 0 Å². The highest BCUT2D eigenvalue weighted by Crippen LogP contribution is 2.32. The number of ether oxygens (including phenoxy) is 2. The fourth-order valence-electron chi connectivity index (χ4n) is 3.03. The van der Waals surface area contributed by atoms with Crippen LogP contribution in [0.15, 0.2) is 36.4 Å². The number of imide groups is 1. The van der Waals surface area contributed by atoms with Gasteiger partial charge in [0.25, 0.3) is 11.8 Å². The van der Waals surface area contributed by atoms with Crippen LogP contribution < -0.4 is 5.32 Å². The van der Waals surface area contributed by atoms with Gasteiger partial charge in [-0.1, -0.05) is 24.3 Å². The fourth-order valence-corrected chi connectivity index (χ4v) is 3.03.